The van der Waals surface area contributed by atoms with Crippen LogP contribution in [-0.4, -0.2) is 31.1 Å². The maximum absolute atomic E-state index is 5.58. The SMILES string of the molecule is c1cc(OCCN2CCCC2)cs1. The van der Waals surface area contributed by atoms with Gasteiger partial charge in [0.15, 0.2) is 0 Å². The Hall–Kier alpha value is -0.540. The van der Waals surface area contributed by atoms with E-state index in [-0.39, 0.29) is 0 Å². The van der Waals surface area contributed by atoms with E-state index in [0.29, 0.717) is 0 Å². The molecule has 0 atom stereocenters. The van der Waals surface area contributed by atoms with Gasteiger partial charge in [-0.2, -0.15) is 0 Å². The first kappa shape index (κ1) is 9.03. The number of thiophene rings is 1. The lowest BCUT2D eigenvalue weighted by atomic mass is 10.4. The van der Waals surface area contributed by atoms with Crippen molar-refractivity contribution in [2.45, 2.75) is 12.8 Å². The van der Waals surface area contributed by atoms with Crippen LogP contribution in [0.5, 0.6) is 5.75 Å². The number of likely N-dealkylation sites (tertiary alicyclic amines) is 1. The van der Waals surface area contributed by atoms with Gasteiger partial charge in [0.1, 0.15) is 12.4 Å². The summed E-state index contributed by atoms with van der Waals surface area (Å²) in [5.74, 6) is 1.02. The summed E-state index contributed by atoms with van der Waals surface area (Å²) < 4.78 is 5.58. The third-order valence-corrected chi connectivity index (χ3v) is 3.03. The number of rotatable bonds is 4. The second kappa shape index (κ2) is 4.63. The molecule has 1 aliphatic rings. The van der Waals surface area contributed by atoms with Crippen LogP contribution >= 0.6 is 11.3 Å². The van der Waals surface area contributed by atoms with Crippen LogP contribution in [0.4, 0.5) is 0 Å². The van der Waals surface area contributed by atoms with Crippen LogP contribution < -0.4 is 4.74 Å². The molecule has 0 radical (unpaired) electrons. The van der Waals surface area contributed by atoms with Gasteiger partial charge < -0.3 is 4.74 Å². The molecule has 1 saturated heterocycles. The van der Waals surface area contributed by atoms with E-state index in [4.69, 9.17) is 4.74 Å². The third kappa shape index (κ3) is 2.71. The van der Waals surface area contributed by atoms with Gasteiger partial charge in [-0.1, -0.05) is 0 Å². The molecule has 1 aliphatic heterocycles. The van der Waals surface area contributed by atoms with Gasteiger partial charge in [0.05, 0.1) is 0 Å². The van der Waals surface area contributed by atoms with Crippen LogP contribution in [0.1, 0.15) is 12.8 Å². The Bertz CT molecular complexity index is 229. The number of hydrogen-bond acceptors (Lipinski definition) is 3. The van der Waals surface area contributed by atoms with Crippen molar-refractivity contribution in [3.63, 3.8) is 0 Å². The average Bonchev–Trinajstić information content (AvgIpc) is 2.75. The summed E-state index contributed by atoms with van der Waals surface area (Å²) in [4.78, 5) is 2.46. The zero-order valence-corrected chi connectivity index (χ0v) is 8.55. The Morgan fingerprint density at radius 1 is 1.38 bits per heavy atom. The zero-order valence-electron chi connectivity index (χ0n) is 7.74. The molecular formula is C10H15NOS. The van der Waals surface area contributed by atoms with Gasteiger partial charge in [0.25, 0.3) is 0 Å². The van der Waals surface area contributed by atoms with E-state index in [2.05, 4.69) is 4.90 Å². The van der Waals surface area contributed by atoms with Crippen LogP contribution in [0.15, 0.2) is 16.8 Å². The normalized spacial score (nSPS) is 17.8. The highest BCUT2D eigenvalue weighted by Crippen LogP contribution is 2.14. The molecule has 0 aliphatic carbocycles. The van der Waals surface area contributed by atoms with Gasteiger partial charge in [-0.05, 0) is 37.4 Å². The zero-order chi connectivity index (χ0) is 8.93. The molecular weight excluding hydrogens is 182 g/mol. The highest BCUT2D eigenvalue weighted by molar-refractivity contribution is 7.08. The Morgan fingerprint density at radius 3 is 2.92 bits per heavy atom. The van der Waals surface area contributed by atoms with Crippen LogP contribution in [-0.2, 0) is 0 Å². The highest BCUT2D eigenvalue weighted by Gasteiger charge is 2.10. The topological polar surface area (TPSA) is 12.5 Å². The minimum absolute atomic E-state index is 0.830. The lowest BCUT2D eigenvalue weighted by molar-refractivity contribution is 0.238. The summed E-state index contributed by atoms with van der Waals surface area (Å²) in [5, 5.41) is 4.09. The van der Waals surface area contributed by atoms with Crippen LogP contribution in [0, 0.1) is 0 Å². The van der Waals surface area contributed by atoms with Crippen molar-refractivity contribution in [3.8, 4) is 5.75 Å². The molecule has 1 aromatic rings. The summed E-state index contributed by atoms with van der Waals surface area (Å²) in [7, 11) is 0. The molecule has 72 valence electrons. The summed E-state index contributed by atoms with van der Waals surface area (Å²) in [6, 6.07) is 2.02. The Labute approximate surface area is 83.1 Å². The molecule has 13 heavy (non-hydrogen) atoms. The van der Waals surface area contributed by atoms with E-state index in [1.54, 1.807) is 11.3 Å². The standard InChI is InChI=1S/C10H15NOS/c1-2-5-11(4-1)6-7-12-10-3-8-13-9-10/h3,8-9H,1-2,4-7H2. The Morgan fingerprint density at radius 2 is 2.23 bits per heavy atom. The van der Waals surface area contributed by atoms with Crippen molar-refractivity contribution in [3.05, 3.63) is 16.8 Å². The first-order chi connectivity index (χ1) is 6.45. The van der Waals surface area contributed by atoms with Gasteiger partial charge in [0.2, 0.25) is 0 Å². The van der Waals surface area contributed by atoms with Gasteiger partial charge >= 0.3 is 0 Å². The van der Waals surface area contributed by atoms with Gasteiger partial charge in [-0.15, -0.1) is 11.3 Å². The fourth-order valence-electron chi connectivity index (χ4n) is 1.63. The van der Waals surface area contributed by atoms with E-state index in [0.717, 1.165) is 18.9 Å². The molecule has 1 fully saturated rings. The maximum Gasteiger partial charge on any atom is 0.130 e. The summed E-state index contributed by atoms with van der Waals surface area (Å²) in [6.07, 6.45) is 2.72. The predicted octanol–water partition coefficient (Wildman–Crippen LogP) is 2.22. The Balaban J connectivity index is 1.63. The van der Waals surface area contributed by atoms with Crippen molar-refractivity contribution in [2.24, 2.45) is 0 Å². The molecule has 0 bridgehead atoms. The second-order valence-corrected chi connectivity index (χ2v) is 4.14. The predicted molar refractivity (Wildman–Crippen MR) is 55.5 cm³/mol. The first-order valence-electron chi connectivity index (χ1n) is 4.82. The lowest BCUT2D eigenvalue weighted by Crippen LogP contribution is -2.24. The fraction of sp³-hybridized carbons (Fsp3) is 0.600. The second-order valence-electron chi connectivity index (χ2n) is 3.36. The monoisotopic (exact) mass is 197 g/mol. The smallest absolute Gasteiger partial charge is 0.130 e. The summed E-state index contributed by atoms with van der Waals surface area (Å²) >= 11 is 1.68. The minimum atomic E-state index is 0.830. The maximum atomic E-state index is 5.58. The van der Waals surface area contributed by atoms with Crippen molar-refractivity contribution >= 4 is 11.3 Å². The molecule has 0 aromatic carbocycles. The third-order valence-electron chi connectivity index (χ3n) is 2.37. The van der Waals surface area contributed by atoms with E-state index in [1.165, 1.54) is 25.9 Å². The summed E-state index contributed by atoms with van der Waals surface area (Å²) in [6.45, 7) is 4.42. The average molecular weight is 197 g/mol. The van der Waals surface area contributed by atoms with Gasteiger partial charge in [-0.25, -0.2) is 0 Å². The Kier molecular flexibility index (Phi) is 3.22. The molecule has 0 N–H and O–H groups in total. The van der Waals surface area contributed by atoms with E-state index >= 15 is 0 Å². The van der Waals surface area contributed by atoms with Gasteiger partial charge in [-0.3, -0.25) is 4.90 Å². The number of hydrogen-bond donors (Lipinski definition) is 0. The van der Waals surface area contributed by atoms with E-state index in [9.17, 15) is 0 Å². The quantitative estimate of drug-likeness (QED) is 0.734. The molecule has 0 spiro atoms. The van der Waals surface area contributed by atoms with Crippen molar-refractivity contribution in [1.82, 2.24) is 4.90 Å². The molecule has 1 aromatic heterocycles. The first-order valence-corrected chi connectivity index (χ1v) is 5.77. The van der Waals surface area contributed by atoms with Crippen LogP contribution in [0.3, 0.4) is 0 Å². The fourth-order valence-corrected chi connectivity index (χ4v) is 2.20. The molecule has 0 saturated carbocycles. The molecule has 0 unspecified atom stereocenters. The molecule has 0 amide bonds. The van der Waals surface area contributed by atoms with Crippen molar-refractivity contribution in [1.29, 1.82) is 0 Å². The number of nitrogens with zero attached hydrogens (tertiary/aromatic N) is 1. The largest absolute Gasteiger partial charge is 0.491 e. The van der Waals surface area contributed by atoms with E-state index < -0.39 is 0 Å². The number of ether oxygens (including phenoxy) is 1. The molecule has 2 rings (SSSR count). The van der Waals surface area contributed by atoms with E-state index in [1.807, 2.05) is 16.8 Å². The molecule has 2 nitrogen and oxygen atoms in total. The lowest BCUT2D eigenvalue weighted by Gasteiger charge is -2.14. The minimum Gasteiger partial charge on any atom is -0.491 e. The molecule has 2 heterocycles. The molecule has 3 heteroatoms. The van der Waals surface area contributed by atoms with Crippen molar-refractivity contribution < 1.29 is 4.74 Å². The van der Waals surface area contributed by atoms with Crippen LogP contribution in [0.2, 0.25) is 0 Å². The van der Waals surface area contributed by atoms with Crippen LogP contribution in [0.25, 0.3) is 0 Å². The van der Waals surface area contributed by atoms with Crippen molar-refractivity contribution in [2.75, 3.05) is 26.2 Å². The summed E-state index contributed by atoms with van der Waals surface area (Å²) in [5.41, 5.74) is 0. The highest BCUT2D eigenvalue weighted by atomic mass is 32.1. The van der Waals surface area contributed by atoms with Gasteiger partial charge in [0, 0.05) is 11.9 Å².